The molecule has 0 aromatic rings. The first-order chi connectivity index (χ1) is 5.19. The van der Waals surface area contributed by atoms with Gasteiger partial charge < -0.3 is 10.3 Å². The van der Waals surface area contributed by atoms with Gasteiger partial charge in [-0.05, 0) is 12.3 Å². The van der Waals surface area contributed by atoms with Crippen molar-refractivity contribution in [3.05, 3.63) is 0 Å². The summed E-state index contributed by atoms with van der Waals surface area (Å²) in [6.45, 7) is 7.33. The molecule has 0 fully saturated rings. The minimum atomic E-state index is -4.05. The van der Waals surface area contributed by atoms with Crippen LogP contribution in [0.3, 0.4) is 0 Å². The molecule has 2 N–H and O–H groups in total. The highest BCUT2D eigenvalue weighted by Gasteiger charge is 2.29. The normalized spacial score (nSPS) is 20.2. The first-order valence-electron chi connectivity index (χ1n) is 3.86. The van der Waals surface area contributed by atoms with Crippen LogP contribution in [0.25, 0.3) is 0 Å². The van der Waals surface area contributed by atoms with Gasteiger partial charge in [0.05, 0.1) is 6.10 Å². The van der Waals surface area contributed by atoms with Crippen molar-refractivity contribution < 1.29 is 13.3 Å². The molecule has 0 saturated heterocycles. The topological polar surface area (TPSA) is 52.3 Å². The number of rotatable bonds is 3. The predicted molar refractivity (Wildman–Crippen MR) is 47.8 cm³/mol. The summed E-state index contributed by atoms with van der Waals surface area (Å²) in [6, 6.07) is 0. The summed E-state index contributed by atoms with van der Waals surface area (Å²) < 4.78 is 28.3. The summed E-state index contributed by atoms with van der Waals surface area (Å²) in [7, 11) is -4.05. The van der Waals surface area contributed by atoms with E-state index < -0.39 is 20.1 Å². The third-order valence-electron chi connectivity index (χ3n) is 1.75. The maximum absolute atomic E-state index is 12.8. The van der Waals surface area contributed by atoms with Gasteiger partial charge in [0.15, 0.2) is 0 Å². The Labute approximate surface area is 73.0 Å². The molecule has 12 heavy (non-hydrogen) atoms. The van der Waals surface area contributed by atoms with E-state index in [0.29, 0.717) is 0 Å². The van der Waals surface area contributed by atoms with Crippen LogP contribution in [0.15, 0.2) is 0 Å². The molecule has 0 aliphatic rings. The van der Waals surface area contributed by atoms with Gasteiger partial charge >= 0.3 is 7.68 Å². The van der Waals surface area contributed by atoms with Gasteiger partial charge in [-0.15, -0.1) is 0 Å². The van der Waals surface area contributed by atoms with Crippen molar-refractivity contribution >= 4 is 7.68 Å². The van der Waals surface area contributed by atoms with E-state index in [1.807, 2.05) is 20.8 Å². The maximum Gasteiger partial charge on any atom is 0.380 e. The van der Waals surface area contributed by atoms with Crippen molar-refractivity contribution in [2.75, 3.05) is 6.29 Å². The Morgan fingerprint density at radius 1 is 1.58 bits per heavy atom. The summed E-state index contributed by atoms with van der Waals surface area (Å²) in [5, 5.41) is 0. The zero-order valence-corrected chi connectivity index (χ0v) is 8.90. The standard InChI is InChI=1S/C7H17FNO2P/c1-6(7(2,3)4)11-12(8,10)5-9/h6H,5,9H2,1-4H3. The van der Waals surface area contributed by atoms with Gasteiger partial charge in [-0.1, -0.05) is 20.8 Å². The molecule has 2 unspecified atom stereocenters. The van der Waals surface area contributed by atoms with E-state index in [0.717, 1.165) is 0 Å². The Bertz CT molecular complexity index is 190. The molecule has 0 bridgehead atoms. The van der Waals surface area contributed by atoms with E-state index in [9.17, 15) is 8.76 Å². The van der Waals surface area contributed by atoms with Crippen LogP contribution in [-0.4, -0.2) is 12.4 Å². The molecule has 0 aliphatic carbocycles. The van der Waals surface area contributed by atoms with Crippen molar-refractivity contribution in [1.82, 2.24) is 0 Å². The molecule has 2 atom stereocenters. The molecule has 3 nitrogen and oxygen atoms in total. The zero-order valence-electron chi connectivity index (χ0n) is 8.00. The van der Waals surface area contributed by atoms with Crippen molar-refractivity contribution in [1.29, 1.82) is 0 Å². The summed E-state index contributed by atoms with van der Waals surface area (Å²) in [6.07, 6.45) is -0.954. The summed E-state index contributed by atoms with van der Waals surface area (Å²) in [4.78, 5) is 0. The second-order valence-corrected chi connectivity index (χ2v) is 5.64. The van der Waals surface area contributed by atoms with Crippen molar-refractivity contribution in [2.24, 2.45) is 11.1 Å². The van der Waals surface area contributed by atoms with Crippen LogP contribution in [-0.2, 0) is 9.09 Å². The van der Waals surface area contributed by atoms with E-state index in [4.69, 9.17) is 10.3 Å². The Kier molecular flexibility index (Phi) is 3.88. The molecule has 0 radical (unpaired) electrons. The second-order valence-electron chi connectivity index (χ2n) is 3.89. The van der Waals surface area contributed by atoms with Gasteiger partial charge in [-0.25, -0.2) is 0 Å². The minimum absolute atomic E-state index is 0.225. The van der Waals surface area contributed by atoms with E-state index in [2.05, 4.69) is 0 Å². The molecule has 0 amide bonds. The van der Waals surface area contributed by atoms with Crippen LogP contribution in [0.2, 0.25) is 0 Å². The smallest absolute Gasteiger partial charge is 0.320 e. The maximum atomic E-state index is 12.8. The fourth-order valence-electron chi connectivity index (χ4n) is 0.437. The molecule has 0 aromatic heterocycles. The van der Waals surface area contributed by atoms with Crippen LogP contribution < -0.4 is 5.73 Å². The van der Waals surface area contributed by atoms with Gasteiger partial charge in [0, 0.05) is 0 Å². The summed E-state index contributed by atoms with van der Waals surface area (Å²) in [5.41, 5.74) is 4.71. The van der Waals surface area contributed by atoms with Crippen LogP contribution in [0.1, 0.15) is 27.7 Å². The molecule has 5 heteroatoms. The fraction of sp³-hybridized carbons (Fsp3) is 1.00. The molecule has 74 valence electrons. The Balaban J connectivity index is 4.19. The van der Waals surface area contributed by atoms with Crippen molar-refractivity contribution in [2.45, 2.75) is 33.8 Å². The monoisotopic (exact) mass is 197 g/mol. The van der Waals surface area contributed by atoms with Gasteiger partial charge in [-0.2, -0.15) is 4.20 Å². The molecule has 0 heterocycles. The third-order valence-corrected chi connectivity index (χ3v) is 2.82. The molecule has 0 rings (SSSR count). The second kappa shape index (κ2) is 3.86. The van der Waals surface area contributed by atoms with Crippen LogP contribution >= 0.6 is 7.68 Å². The lowest BCUT2D eigenvalue weighted by molar-refractivity contribution is 0.0974. The summed E-state index contributed by atoms with van der Waals surface area (Å²) in [5.74, 6) is 0. The van der Waals surface area contributed by atoms with Gasteiger partial charge in [0.25, 0.3) is 0 Å². The fourth-order valence-corrected chi connectivity index (χ4v) is 1.31. The highest BCUT2D eigenvalue weighted by atomic mass is 31.2. The summed E-state index contributed by atoms with van der Waals surface area (Å²) >= 11 is 0. The van der Waals surface area contributed by atoms with E-state index in [1.165, 1.54) is 0 Å². The van der Waals surface area contributed by atoms with Gasteiger partial charge in [0.1, 0.15) is 6.29 Å². The lowest BCUT2D eigenvalue weighted by atomic mass is 9.91. The van der Waals surface area contributed by atoms with Crippen LogP contribution in [0.5, 0.6) is 0 Å². The Morgan fingerprint density at radius 3 is 2.25 bits per heavy atom. The average Bonchev–Trinajstić information content (AvgIpc) is 1.85. The molecular formula is C7H17FNO2P. The minimum Gasteiger partial charge on any atom is -0.320 e. The highest BCUT2D eigenvalue weighted by molar-refractivity contribution is 7.53. The quantitative estimate of drug-likeness (QED) is 0.707. The molecular weight excluding hydrogens is 180 g/mol. The molecule has 0 aliphatic heterocycles. The van der Waals surface area contributed by atoms with E-state index >= 15 is 0 Å². The predicted octanol–water partition coefficient (Wildman–Crippen LogP) is 2.52. The highest BCUT2D eigenvalue weighted by Crippen LogP contribution is 2.49. The zero-order chi connectivity index (χ0) is 9.99. The molecule has 0 aromatic carbocycles. The lowest BCUT2D eigenvalue weighted by Gasteiger charge is -2.27. The Hall–Kier alpha value is 0.0800. The largest absolute Gasteiger partial charge is 0.380 e. The van der Waals surface area contributed by atoms with Gasteiger partial charge in [0.2, 0.25) is 0 Å². The van der Waals surface area contributed by atoms with E-state index in [-0.39, 0.29) is 5.41 Å². The third kappa shape index (κ3) is 4.19. The Morgan fingerprint density at radius 2 is 2.00 bits per heavy atom. The number of hydrogen-bond donors (Lipinski definition) is 1. The number of hydrogen-bond acceptors (Lipinski definition) is 3. The molecule has 0 spiro atoms. The first-order valence-corrected chi connectivity index (χ1v) is 5.56. The van der Waals surface area contributed by atoms with Crippen molar-refractivity contribution in [3.63, 3.8) is 0 Å². The van der Waals surface area contributed by atoms with Crippen LogP contribution in [0.4, 0.5) is 4.20 Å². The average molecular weight is 197 g/mol. The SMILES string of the molecule is CC(OP(=O)(F)CN)C(C)(C)C. The first kappa shape index (κ1) is 12.1. The van der Waals surface area contributed by atoms with Crippen LogP contribution in [0, 0.1) is 5.41 Å². The van der Waals surface area contributed by atoms with Gasteiger partial charge in [-0.3, -0.25) is 4.57 Å². The number of halogens is 1. The van der Waals surface area contributed by atoms with Crippen molar-refractivity contribution in [3.8, 4) is 0 Å². The van der Waals surface area contributed by atoms with E-state index in [1.54, 1.807) is 6.92 Å². The molecule has 0 saturated carbocycles. The lowest BCUT2D eigenvalue weighted by Crippen LogP contribution is -2.25. The number of nitrogens with two attached hydrogens (primary N) is 1.